The summed E-state index contributed by atoms with van der Waals surface area (Å²) < 4.78 is 13.0. The van der Waals surface area contributed by atoms with Gasteiger partial charge in [0.15, 0.2) is 5.78 Å². The fourth-order valence-corrected chi connectivity index (χ4v) is 2.73. The molecule has 128 valence electrons. The molecule has 0 aliphatic rings. The van der Waals surface area contributed by atoms with E-state index in [2.05, 4.69) is 19.1 Å². The zero-order valence-electron chi connectivity index (χ0n) is 14.3. The van der Waals surface area contributed by atoms with Crippen molar-refractivity contribution in [1.29, 1.82) is 0 Å². The Morgan fingerprint density at radius 2 is 1.78 bits per heavy atom. The smallest absolute Gasteiger partial charge is 0.158 e. The number of carbonyl (C=O) groups is 1. The summed E-state index contributed by atoms with van der Waals surface area (Å²) in [5.41, 5.74) is 1.21. The third kappa shape index (κ3) is 8.08. The van der Waals surface area contributed by atoms with Crippen LogP contribution >= 0.6 is 0 Å². The lowest BCUT2D eigenvalue weighted by molar-refractivity contribution is -0.125. The molecular weight excluding hydrogens is 291 g/mol. The number of unbranched alkanes of at least 4 members (excludes halogenated alkanes) is 1. The average Bonchev–Trinajstić information content (AvgIpc) is 2.53. The maximum absolute atomic E-state index is 13.0. The first-order valence-corrected chi connectivity index (χ1v) is 8.63. The van der Waals surface area contributed by atoms with Crippen LogP contribution in [0.2, 0.25) is 0 Å². The molecule has 0 aliphatic carbocycles. The molecule has 2 atom stereocenters. The number of benzene rings is 1. The third-order valence-electron chi connectivity index (χ3n) is 4.14. The minimum Gasteiger partial charge on any atom is -0.385 e. The van der Waals surface area contributed by atoms with E-state index in [-0.39, 0.29) is 11.6 Å². The summed E-state index contributed by atoms with van der Waals surface area (Å²) in [7, 11) is 0. The predicted octanol–water partition coefficient (Wildman–Crippen LogP) is 5.17. The molecule has 0 heterocycles. The number of carbonyl (C=O) groups excluding carboxylic acids is 1. The van der Waals surface area contributed by atoms with Gasteiger partial charge < -0.3 is 5.11 Å². The van der Waals surface area contributed by atoms with E-state index in [9.17, 15) is 14.3 Å². The fourth-order valence-electron chi connectivity index (χ4n) is 2.73. The van der Waals surface area contributed by atoms with Gasteiger partial charge in [0.25, 0.3) is 0 Å². The van der Waals surface area contributed by atoms with E-state index in [0.717, 1.165) is 38.5 Å². The van der Waals surface area contributed by atoms with Crippen molar-refractivity contribution in [3.63, 3.8) is 0 Å². The molecule has 23 heavy (non-hydrogen) atoms. The highest BCUT2D eigenvalue weighted by Crippen LogP contribution is 2.26. The lowest BCUT2D eigenvalue weighted by Crippen LogP contribution is -2.16. The molecule has 0 saturated carbocycles. The van der Waals surface area contributed by atoms with Crippen LogP contribution in [-0.4, -0.2) is 17.0 Å². The van der Waals surface area contributed by atoms with Crippen molar-refractivity contribution >= 4 is 5.78 Å². The zero-order chi connectivity index (χ0) is 17.1. The molecule has 1 aromatic carbocycles. The molecule has 0 spiro atoms. The fraction of sp³-hybridized carbons (Fsp3) is 0.550. The van der Waals surface area contributed by atoms with E-state index in [1.54, 1.807) is 0 Å². The monoisotopic (exact) mass is 320 g/mol. The van der Waals surface area contributed by atoms with Gasteiger partial charge in [0, 0.05) is 0 Å². The van der Waals surface area contributed by atoms with E-state index in [1.165, 1.54) is 24.6 Å². The molecular formula is C20H29FO2. The summed E-state index contributed by atoms with van der Waals surface area (Å²) in [6.07, 6.45) is 10.0. The molecule has 0 aromatic heterocycles. The highest BCUT2D eigenvalue weighted by molar-refractivity contribution is 5.79. The van der Waals surface area contributed by atoms with Gasteiger partial charge in [0.05, 0.1) is 0 Å². The minimum absolute atomic E-state index is 0.157. The Kier molecular flexibility index (Phi) is 9.46. The van der Waals surface area contributed by atoms with Gasteiger partial charge in [-0.15, -0.1) is 0 Å². The summed E-state index contributed by atoms with van der Waals surface area (Å²) in [4.78, 5) is 10.9. The largest absolute Gasteiger partial charge is 0.385 e. The topological polar surface area (TPSA) is 37.3 Å². The second-order valence-electron chi connectivity index (χ2n) is 6.14. The average molecular weight is 320 g/mol. The van der Waals surface area contributed by atoms with Crippen LogP contribution in [0.25, 0.3) is 0 Å². The quantitative estimate of drug-likeness (QED) is 0.451. The number of hydrogen-bond donors (Lipinski definition) is 1. The van der Waals surface area contributed by atoms with Gasteiger partial charge in [-0.3, -0.25) is 4.79 Å². The first-order chi connectivity index (χ1) is 11.0. The maximum Gasteiger partial charge on any atom is 0.158 e. The SMILES string of the molecule is CCCC(CC/C=C/CCC[C@@H](O)C(C)=O)c1ccc(F)cc1. The van der Waals surface area contributed by atoms with Gasteiger partial charge in [-0.05, 0) is 69.1 Å². The highest BCUT2D eigenvalue weighted by atomic mass is 19.1. The Balaban J connectivity index is 2.31. The Morgan fingerprint density at radius 1 is 1.13 bits per heavy atom. The van der Waals surface area contributed by atoms with E-state index < -0.39 is 6.10 Å². The van der Waals surface area contributed by atoms with Crippen LogP contribution in [0.3, 0.4) is 0 Å². The van der Waals surface area contributed by atoms with Crippen LogP contribution in [0.5, 0.6) is 0 Å². The molecule has 0 bridgehead atoms. The molecule has 0 saturated heterocycles. The van der Waals surface area contributed by atoms with Gasteiger partial charge in [-0.1, -0.05) is 37.6 Å². The van der Waals surface area contributed by atoms with Crippen molar-refractivity contribution in [2.24, 2.45) is 0 Å². The van der Waals surface area contributed by atoms with E-state index in [1.807, 2.05) is 12.1 Å². The van der Waals surface area contributed by atoms with Crippen LogP contribution in [0.4, 0.5) is 4.39 Å². The van der Waals surface area contributed by atoms with Crippen LogP contribution in [-0.2, 0) is 4.79 Å². The molecule has 1 N–H and O–H groups in total. The third-order valence-corrected chi connectivity index (χ3v) is 4.14. The van der Waals surface area contributed by atoms with Gasteiger partial charge >= 0.3 is 0 Å². The molecule has 1 rings (SSSR count). The number of Topliss-reactive ketones (excluding diaryl/α,β-unsaturated/α-hetero) is 1. The van der Waals surface area contributed by atoms with E-state index in [4.69, 9.17) is 0 Å². The Hall–Kier alpha value is -1.48. The standard InChI is InChI=1S/C20H29FO2/c1-3-9-17(18-12-14-19(21)15-13-18)10-7-5-4-6-8-11-20(23)16(2)22/h4-5,12-15,17,20,23H,3,6-11H2,1-2H3/b5-4+/t17?,20-/m1/s1. The number of aliphatic hydroxyl groups excluding tert-OH is 1. The van der Waals surface area contributed by atoms with E-state index in [0.29, 0.717) is 12.3 Å². The maximum atomic E-state index is 13.0. The molecule has 0 amide bonds. The van der Waals surface area contributed by atoms with Crippen LogP contribution in [0.15, 0.2) is 36.4 Å². The molecule has 3 heteroatoms. The second-order valence-corrected chi connectivity index (χ2v) is 6.14. The lowest BCUT2D eigenvalue weighted by atomic mass is 9.90. The van der Waals surface area contributed by atoms with Crippen molar-refractivity contribution in [2.75, 3.05) is 0 Å². The number of hydrogen-bond acceptors (Lipinski definition) is 2. The zero-order valence-corrected chi connectivity index (χ0v) is 14.3. The summed E-state index contributed by atoms with van der Waals surface area (Å²) >= 11 is 0. The number of ketones is 1. The number of allylic oxidation sites excluding steroid dienone is 2. The molecule has 0 aliphatic heterocycles. The van der Waals surface area contributed by atoms with E-state index >= 15 is 0 Å². The Morgan fingerprint density at radius 3 is 2.39 bits per heavy atom. The highest BCUT2D eigenvalue weighted by Gasteiger charge is 2.10. The second kappa shape index (κ2) is 11.1. The molecule has 1 unspecified atom stereocenters. The first-order valence-electron chi connectivity index (χ1n) is 8.63. The van der Waals surface area contributed by atoms with Crippen LogP contribution < -0.4 is 0 Å². The number of aliphatic hydroxyl groups is 1. The first kappa shape index (κ1) is 19.6. The molecule has 0 radical (unpaired) electrons. The van der Waals surface area contributed by atoms with Crippen LogP contribution in [0.1, 0.15) is 70.3 Å². The molecule has 0 fully saturated rings. The van der Waals surface area contributed by atoms with Gasteiger partial charge in [0.1, 0.15) is 11.9 Å². The summed E-state index contributed by atoms with van der Waals surface area (Å²) in [5, 5.41) is 9.41. The summed E-state index contributed by atoms with van der Waals surface area (Å²) in [6.45, 7) is 3.59. The van der Waals surface area contributed by atoms with Crippen molar-refractivity contribution in [3.05, 3.63) is 47.8 Å². The van der Waals surface area contributed by atoms with Crippen LogP contribution in [0, 0.1) is 5.82 Å². The Bertz CT molecular complexity index is 479. The van der Waals surface area contributed by atoms with Gasteiger partial charge in [-0.2, -0.15) is 0 Å². The van der Waals surface area contributed by atoms with Crippen molar-refractivity contribution in [1.82, 2.24) is 0 Å². The van der Waals surface area contributed by atoms with Crippen molar-refractivity contribution in [2.45, 2.75) is 70.8 Å². The Labute approximate surface area is 139 Å². The summed E-state index contributed by atoms with van der Waals surface area (Å²) in [5.74, 6) is 0.136. The predicted molar refractivity (Wildman–Crippen MR) is 93.0 cm³/mol. The normalized spacial score (nSPS) is 14.1. The lowest BCUT2D eigenvalue weighted by Gasteiger charge is -2.15. The van der Waals surface area contributed by atoms with Crippen molar-refractivity contribution < 1.29 is 14.3 Å². The summed E-state index contributed by atoms with van der Waals surface area (Å²) in [6, 6.07) is 6.85. The van der Waals surface area contributed by atoms with Gasteiger partial charge in [-0.25, -0.2) is 4.39 Å². The number of halogens is 1. The van der Waals surface area contributed by atoms with Gasteiger partial charge in [0.2, 0.25) is 0 Å². The molecule has 2 nitrogen and oxygen atoms in total. The minimum atomic E-state index is -0.809. The van der Waals surface area contributed by atoms with Crippen molar-refractivity contribution in [3.8, 4) is 0 Å². The number of rotatable bonds is 11. The molecule has 1 aromatic rings.